The number of benzene rings is 1. The molecule has 1 rings (SSSR count). The lowest BCUT2D eigenvalue weighted by Crippen LogP contribution is -2.25. The van der Waals surface area contributed by atoms with Gasteiger partial charge in [-0.3, -0.25) is 4.79 Å². The van der Waals surface area contributed by atoms with Gasteiger partial charge in [-0.05, 0) is 31.4 Å². The molecule has 0 radical (unpaired) electrons. The van der Waals surface area contributed by atoms with Crippen molar-refractivity contribution in [1.29, 1.82) is 0 Å². The van der Waals surface area contributed by atoms with Gasteiger partial charge in [0.25, 0.3) is 5.91 Å². The third-order valence-electron chi connectivity index (χ3n) is 2.51. The molecule has 0 heterocycles. The van der Waals surface area contributed by atoms with Gasteiger partial charge in [-0.1, -0.05) is 6.07 Å². The maximum Gasteiger partial charge on any atom is 0.254 e. The van der Waals surface area contributed by atoms with Crippen molar-refractivity contribution in [3.8, 4) is 0 Å². The van der Waals surface area contributed by atoms with Crippen molar-refractivity contribution in [3.05, 3.63) is 35.4 Å². The monoisotopic (exact) mass is 257 g/mol. The third kappa shape index (κ3) is 4.41. The Hall–Kier alpha value is -1.49. The van der Waals surface area contributed by atoms with Crippen molar-refractivity contribution >= 4 is 5.91 Å². The molecule has 0 fully saturated rings. The number of amides is 1. The number of hydrogen-bond donors (Lipinski definition) is 1. The summed E-state index contributed by atoms with van der Waals surface area (Å²) in [5.74, 6) is -2.70. The van der Waals surface area contributed by atoms with Gasteiger partial charge in [0, 0.05) is 20.3 Å². The van der Waals surface area contributed by atoms with Crippen molar-refractivity contribution < 1.29 is 18.3 Å². The van der Waals surface area contributed by atoms with Gasteiger partial charge in [-0.2, -0.15) is 0 Å². The van der Waals surface area contributed by atoms with Gasteiger partial charge in [0.15, 0.2) is 11.6 Å². The minimum Gasteiger partial charge on any atom is -0.385 e. The molecule has 100 valence electrons. The van der Waals surface area contributed by atoms with Crippen LogP contribution in [0, 0.1) is 11.6 Å². The van der Waals surface area contributed by atoms with Crippen LogP contribution < -0.4 is 5.32 Å². The van der Waals surface area contributed by atoms with Gasteiger partial charge < -0.3 is 10.1 Å². The Bertz CT molecular complexity index is 397. The van der Waals surface area contributed by atoms with Crippen LogP contribution in [0.2, 0.25) is 0 Å². The van der Waals surface area contributed by atoms with E-state index < -0.39 is 17.5 Å². The van der Waals surface area contributed by atoms with E-state index in [1.54, 1.807) is 7.11 Å². The van der Waals surface area contributed by atoms with Crippen molar-refractivity contribution in [2.24, 2.45) is 0 Å². The third-order valence-corrected chi connectivity index (χ3v) is 2.51. The lowest BCUT2D eigenvalue weighted by molar-refractivity contribution is 0.0947. The molecule has 0 atom stereocenters. The van der Waals surface area contributed by atoms with Gasteiger partial charge in [0.1, 0.15) is 0 Å². The van der Waals surface area contributed by atoms with Crippen molar-refractivity contribution in [2.75, 3.05) is 20.3 Å². The minimum absolute atomic E-state index is 0.258. The second kappa shape index (κ2) is 7.76. The number of carbonyl (C=O) groups excluding carboxylic acids is 1. The lowest BCUT2D eigenvalue weighted by Gasteiger charge is -2.06. The molecule has 1 amide bonds. The molecule has 1 aromatic rings. The maximum absolute atomic E-state index is 13.3. The zero-order valence-corrected chi connectivity index (χ0v) is 10.3. The van der Waals surface area contributed by atoms with E-state index in [4.69, 9.17) is 4.74 Å². The van der Waals surface area contributed by atoms with Gasteiger partial charge in [0.05, 0.1) is 5.56 Å². The van der Waals surface area contributed by atoms with Crippen molar-refractivity contribution in [3.63, 3.8) is 0 Å². The molecule has 0 aliphatic heterocycles. The fourth-order valence-electron chi connectivity index (χ4n) is 1.52. The second-order valence-electron chi connectivity index (χ2n) is 3.91. The number of hydrogen-bond acceptors (Lipinski definition) is 2. The highest BCUT2D eigenvalue weighted by Gasteiger charge is 2.13. The Morgan fingerprint density at radius 1 is 1.28 bits per heavy atom. The second-order valence-corrected chi connectivity index (χ2v) is 3.91. The van der Waals surface area contributed by atoms with E-state index in [-0.39, 0.29) is 5.56 Å². The lowest BCUT2D eigenvalue weighted by atomic mass is 10.2. The fourth-order valence-corrected chi connectivity index (χ4v) is 1.52. The largest absolute Gasteiger partial charge is 0.385 e. The van der Waals surface area contributed by atoms with Gasteiger partial charge in [0.2, 0.25) is 0 Å². The van der Waals surface area contributed by atoms with Crippen molar-refractivity contribution in [1.82, 2.24) is 5.32 Å². The van der Waals surface area contributed by atoms with Crippen LogP contribution in [0.1, 0.15) is 29.6 Å². The molecular formula is C13H17F2NO2. The number of halogens is 2. The van der Waals surface area contributed by atoms with Crippen LogP contribution in [0.5, 0.6) is 0 Å². The van der Waals surface area contributed by atoms with Crippen LogP contribution in [-0.4, -0.2) is 26.2 Å². The van der Waals surface area contributed by atoms with E-state index in [1.165, 1.54) is 12.1 Å². The molecule has 0 saturated carbocycles. The minimum atomic E-state index is -1.10. The average molecular weight is 257 g/mol. The van der Waals surface area contributed by atoms with E-state index in [0.717, 1.165) is 25.3 Å². The number of rotatable bonds is 7. The van der Waals surface area contributed by atoms with Crippen LogP contribution in [0.25, 0.3) is 0 Å². The highest BCUT2D eigenvalue weighted by molar-refractivity contribution is 5.94. The summed E-state index contributed by atoms with van der Waals surface area (Å²) in [6.07, 6.45) is 2.62. The highest BCUT2D eigenvalue weighted by Crippen LogP contribution is 2.11. The summed E-state index contributed by atoms with van der Waals surface area (Å²) in [5.41, 5.74) is -0.258. The van der Waals surface area contributed by atoms with Crippen molar-refractivity contribution in [2.45, 2.75) is 19.3 Å². The van der Waals surface area contributed by atoms with Gasteiger partial charge in [-0.15, -0.1) is 0 Å². The van der Waals surface area contributed by atoms with E-state index in [2.05, 4.69) is 5.32 Å². The first-order valence-corrected chi connectivity index (χ1v) is 5.88. The Labute approximate surface area is 105 Å². The van der Waals surface area contributed by atoms with Crippen LogP contribution in [-0.2, 0) is 4.74 Å². The summed E-state index contributed by atoms with van der Waals surface area (Å²) in [6.45, 7) is 1.13. The Kier molecular flexibility index (Phi) is 6.28. The SMILES string of the molecule is COCCCCCNC(=O)c1cccc(F)c1F. The molecule has 3 nitrogen and oxygen atoms in total. The van der Waals surface area contributed by atoms with E-state index in [0.29, 0.717) is 13.2 Å². The zero-order chi connectivity index (χ0) is 13.4. The van der Waals surface area contributed by atoms with E-state index in [1.807, 2.05) is 0 Å². The maximum atomic E-state index is 13.3. The Morgan fingerprint density at radius 2 is 2.06 bits per heavy atom. The molecule has 0 aliphatic carbocycles. The molecule has 0 aromatic heterocycles. The van der Waals surface area contributed by atoms with Crippen LogP contribution >= 0.6 is 0 Å². The van der Waals surface area contributed by atoms with Crippen LogP contribution in [0.15, 0.2) is 18.2 Å². The van der Waals surface area contributed by atoms with Crippen LogP contribution in [0.3, 0.4) is 0 Å². The highest BCUT2D eigenvalue weighted by atomic mass is 19.2. The smallest absolute Gasteiger partial charge is 0.254 e. The summed E-state index contributed by atoms with van der Waals surface area (Å²) in [6, 6.07) is 3.56. The predicted octanol–water partition coefficient (Wildman–Crippen LogP) is 2.51. The molecule has 1 aromatic carbocycles. The molecule has 0 spiro atoms. The standard InChI is InChI=1S/C13H17F2NO2/c1-18-9-4-2-3-8-16-13(17)10-6-5-7-11(14)12(10)15/h5-7H,2-4,8-9H2,1H3,(H,16,17). The predicted molar refractivity (Wildman–Crippen MR) is 64.4 cm³/mol. The molecule has 1 N–H and O–H groups in total. The summed E-state index contributed by atoms with van der Waals surface area (Å²) >= 11 is 0. The molecule has 5 heteroatoms. The zero-order valence-electron chi connectivity index (χ0n) is 10.3. The van der Waals surface area contributed by atoms with E-state index >= 15 is 0 Å². The molecule has 0 unspecified atom stereocenters. The molecule has 18 heavy (non-hydrogen) atoms. The molecule has 0 saturated heterocycles. The summed E-state index contributed by atoms with van der Waals surface area (Å²) in [5, 5.41) is 2.56. The normalized spacial score (nSPS) is 10.4. The van der Waals surface area contributed by atoms with Gasteiger partial charge in [-0.25, -0.2) is 8.78 Å². The Balaban J connectivity index is 2.35. The van der Waals surface area contributed by atoms with Crippen LogP contribution in [0.4, 0.5) is 8.78 Å². The summed E-state index contributed by atoms with van der Waals surface area (Å²) < 4.78 is 31.1. The quantitative estimate of drug-likeness (QED) is 0.762. The Morgan fingerprint density at radius 3 is 2.78 bits per heavy atom. The number of methoxy groups -OCH3 is 1. The first-order chi connectivity index (χ1) is 8.66. The first-order valence-electron chi connectivity index (χ1n) is 5.88. The fraction of sp³-hybridized carbons (Fsp3) is 0.462. The number of unbranched alkanes of at least 4 members (excludes halogenated alkanes) is 2. The number of ether oxygens (including phenoxy) is 1. The number of nitrogens with one attached hydrogen (secondary N) is 1. The van der Waals surface area contributed by atoms with E-state index in [9.17, 15) is 13.6 Å². The topological polar surface area (TPSA) is 38.3 Å². The first kappa shape index (κ1) is 14.6. The molecule has 0 aliphatic rings. The average Bonchev–Trinajstić information content (AvgIpc) is 2.36. The summed E-state index contributed by atoms with van der Waals surface area (Å²) in [7, 11) is 1.63. The molecule has 0 bridgehead atoms. The van der Waals surface area contributed by atoms with Gasteiger partial charge >= 0.3 is 0 Å². The summed E-state index contributed by atoms with van der Waals surface area (Å²) in [4.78, 5) is 11.6. The molecular weight excluding hydrogens is 240 g/mol. The number of carbonyl (C=O) groups is 1.